The topological polar surface area (TPSA) is 67.8 Å². The highest BCUT2D eigenvalue weighted by Crippen LogP contribution is 2.32. The van der Waals surface area contributed by atoms with Crippen LogP contribution in [0.2, 0.25) is 0 Å². The number of aliphatic carboxylic acids is 1. The molecule has 2 rings (SSSR count). The van der Waals surface area contributed by atoms with Gasteiger partial charge in [0.2, 0.25) is 0 Å². The first-order valence-electron chi connectivity index (χ1n) is 12.3. The van der Waals surface area contributed by atoms with E-state index < -0.39 is 11.8 Å². The number of carbonyl (C=O) groups is 1. The summed E-state index contributed by atoms with van der Waals surface area (Å²) in [7, 11) is 1.49. The van der Waals surface area contributed by atoms with E-state index in [1.165, 1.54) is 49.1 Å². The van der Waals surface area contributed by atoms with Crippen molar-refractivity contribution in [3.63, 3.8) is 0 Å². The van der Waals surface area contributed by atoms with E-state index in [9.17, 15) is 9.18 Å². The van der Waals surface area contributed by atoms with E-state index in [4.69, 9.17) is 14.6 Å². The van der Waals surface area contributed by atoms with Gasteiger partial charge in [-0.2, -0.15) is 0 Å². The van der Waals surface area contributed by atoms with Crippen molar-refractivity contribution in [2.75, 3.05) is 20.3 Å². The second-order valence-electron chi connectivity index (χ2n) is 9.05. The normalized spacial score (nSPS) is 11.9. The van der Waals surface area contributed by atoms with Crippen LogP contribution in [-0.4, -0.2) is 31.3 Å². The Morgan fingerprint density at radius 2 is 1.85 bits per heavy atom. The number of methoxy groups -OCH3 is 1. The molecule has 0 spiro atoms. The first kappa shape index (κ1) is 27.6. The summed E-state index contributed by atoms with van der Waals surface area (Å²) in [5.41, 5.74) is 4.71. The molecule has 188 valence electrons. The molecule has 0 fully saturated rings. The second-order valence-corrected chi connectivity index (χ2v) is 9.05. The van der Waals surface area contributed by atoms with Crippen LogP contribution >= 0.6 is 0 Å². The predicted octanol–water partition coefficient (Wildman–Crippen LogP) is 6.22. The Morgan fingerprint density at radius 1 is 1.09 bits per heavy atom. The fraction of sp³-hybridized carbons (Fsp3) is 0.536. The molecule has 1 atom stereocenters. The zero-order valence-electron chi connectivity index (χ0n) is 21.1. The highest BCUT2D eigenvalue weighted by Gasteiger charge is 2.15. The lowest BCUT2D eigenvalue weighted by atomic mass is 9.89. The highest BCUT2D eigenvalue weighted by atomic mass is 19.1. The molecule has 34 heavy (non-hydrogen) atoms. The summed E-state index contributed by atoms with van der Waals surface area (Å²) in [6.45, 7) is 7.63. The lowest BCUT2D eigenvalue weighted by Crippen LogP contribution is -2.17. The number of hydrogen-bond acceptors (Lipinski definition) is 4. The van der Waals surface area contributed by atoms with Crippen LogP contribution < -0.4 is 14.8 Å². The van der Waals surface area contributed by atoms with Crippen LogP contribution in [0.4, 0.5) is 4.39 Å². The highest BCUT2D eigenvalue weighted by molar-refractivity contribution is 5.66. The van der Waals surface area contributed by atoms with Crippen LogP contribution in [0.15, 0.2) is 30.3 Å². The first-order chi connectivity index (χ1) is 16.3. The molecule has 0 aliphatic carbocycles. The largest absolute Gasteiger partial charge is 0.493 e. The standard InChI is InChI=1S/C28H40FNO4/c1-5-6-8-22(16-23-11-10-20(2)21(3)15-23)9-7-14-34-28-25(29)17-24(18-26(28)33-4)19-30-13-12-27(31)32/h10-11,15,17-18,22,30H,5-9,12-14,16,19H2,1-4H3,(H,31,32). The van der Waals surface area contributed by atoms with Gasteiger partial charge < -0.3 is 19.9 Å². The fourth-order valence-electron chi connectivity index (χ4n) is 4.09. The molecule has 5 nitrogen and oxygen atoms in total. The van der Waals surface area contributed by atoms with E-state index in [-0.39, 0.29) is 12.2 Å². The third kappa shape index (κ3) is 9.34. The van der Waals surface area contributed by atoms with Crippen molar-refractivity contribution >= 4 is 5.97 Å². The van der Waals surface area contributed by atoms with E-state index >= 15 is 0 Å². The Balaban J connectivity index is 1.90. The van der Waals surface area contributed by atoms with Crippen LogP contribution in [0.3, 0.4) is 0 Å². The maximum Gasteiger partial charge on any atom is 0.304 e. The lowest BCUT2D eigenvalue weighted by molar-refractivity contribution is -0.136. The molecule has 0 saturated carbocycles. The number of aryl methyl sites for hydroxylation is 2. The molecule has 0 aromatic heterocycles. The van der Waals surface area contributed by atoms with Crippen LogP contribution in [-0.2, 0) is 17.8 Å². The Labute approximate surface area is 203 Å². The van der Waals surface area contributed by atoms with Gasteiger partial charge in [-0.3, -0.25) is 4.79 Å². The number of nitrogens with one attached hydrogen (secondary N) is 1. The number of hydrogen-bond donors (Lipinski definition) is 2. The summed E-state index contributed by atoms with van der Waals surface area (Å²) >= 11 is 0. The smallest absolute Gasteiger partial charge is 0.304 e. The van der Waals surface area contributed by atoms with Gasteiger partial charge in [0.1, 0.15) is 0 Å². The Kier molecular flexibility index (Phi) is 11.9. The number of ether oxygens (including phenoxy) is 2. The van der Waals surface area contributed by atoms with Crippen molar-refractivity contribution in [1.29, 1.82) is 0 Å². The van der Waals surface area contributed by atoms with Gasteiger partial charge in [0.25, 0.3) is 0 Å². The number of carboxylic acids is 1. The predicted molar refractivity (Wildman–Crippen MR) is 134 cm³/mol. The summed E-state index contributed by atoms with van der Waals surface area (Å²) < 4.78 is 25.9. The van der Waals surface area contributed by atoms with E-state index in [1.807, 2.05) is 0 Å². The van der Waals surface area contributed by atoms with Crippen LogP contribution in [0.25, 0.3) is 0 Å². The van der Waals surface area contributed by atoms with Gasteiger partial charge in [-0.15, -0.1) is 0 Å². The molecule has 6 heteroatoms. The first-order valence-corrected chi connectivity index (χ1v) is 12.3. The summed E-state index contributed by atoms with van der Waals surface area (Å²) in [4.78, 5) is 10.6. The minimum Gasteiger partial charge on any atom is -0.493 e. The van der Waals surface area contributed by atoms with Gasteiger partial charge in [-0.1, -0.05) is 44.4 Å². The molecule has 0 bridgehead atoms. The average molecular weight is 474 g/mol. The van der Waals surface area contributed by atoms with Crippen molar-refractivity contribution < 1.29 is 23.8 Å². The molecule has 0 saturated heterocycles. The van der Waals surface area contributed by atoms with E-state index in [0.29, 0.717) is 36.9 Å². The van der Waals surface area contributed by atoms with Gasteiger partial charge in [-0.25, -0.2) is 4.39 Å². The van der Waals surface area contributed by atoms with E-state index in [1.54, 1.807) is 6.07 Å². The Morgan fingerprint density at radius 3 is 2.53 bits per heavy atom. The average Bonchev–Trinajstić information content (AvgIpc) is 2.80. The van der Waals surface area contributed by atoms with Gasteiger partial charge >= 0.3 is 5.97 Å². The third-order valence-corrected chi connectivity index (χ3v) is 6.20. The zero-order chi connectivity index (χ0) is 24.9. The summed E-state index contributed by atoms with van der Waals surface area (Å²) in [5, 5.41) is 11.7. The number of rotatable bonds is 16. The monoisotopic (exact) mass is 473 g/mol. The minimum absolute atomic E-state index is 0.0174. The number of carboxylic acid groups (broad SMARTS) is 1. The molecule has 0 aliphatic heterocycles. The zero-order valence-corrected chi connectivity index (χ0v) is 21.1. The van der Waals surface area contributed by atoms with E-state index in [2.05, 4.69) is 44.3 Å². The Bertz CT molecular complexity index is 916. The molecule has 1 unspecified atom stereocenters. The van der Waals surface area contributed by atoms with Crippen molar-refractivity contribution in [2.24, 2.45) is 5.92 Å². The summed E-state index contributed by atoms with van der Waals surface area (Å²) in [6.07, 6.45) is 6.53. The molecule has 2 aromatic carbocycles. The molecular weight excluding hydrogens is 433 g/mol. The fourth-order valence-corrected chi connectivity index (χ4v) is 4.09. The third-order valence-electron chi connectivity index (χ3n) is 6.20. The molecular formula is C28H40FNO4. The van der Waals surface area contributed by atoms with Gasteiger partial charge in [0.15, 0.2) is 17.3 Å². The van der Waals surface area contributed by atoms with Crippen LogP contribution in [0.5, 0.6) is 11.5 Å². The number of halogens is 1. The maximum absolute atomic E-state index is 14.7. The maximum atomic E-state index is 14.7. The molecule has 0 aliphatic rings. The summed E-state index contributed by atoms with van der Waals surface area (Å²) in [6, 6.07) is 9.87. The van der Waals surface area contributed by atoms with Crippen molar-refractivity contribution in [1.82, 2.24) is 5.32 Å². The van der Waals surface area contributed by atoms with Crippen LogP contribution in [0.1, 0.15) is 67.7 Å². The second kappa shape index (κ2) is 14.6. The summed E-state index contributed by atoms with van der Waals surface area (Å²) in [5.74, 6) is -0.265. The van der Waals surface area contributed by atoms with Gasteiger partial charge in [-0.05, 0) is 73.4 Å². The van der Waals surface area contributed by atoms with E-state index in [0.717, 1.165) is 19.3 Å². The Hall–Kier alpha value is -2.60. The molecule has 0 heterocycles. The SMILES string of the molecule is CCCCC(CCCOc1c(F)cc(CNCCC(=O)O)cc1OC)Cc1ccc(C)c(C)c1. The van der Waals surface area contributed by atoms with Crippen molar-refractivity contribution in [2.45, 2.75) is 72.3 Å². The molecule has 2 N–H and O–H groups in total. The molecule has 0 amide bonds. The van der Waals surface area contributed by atoms with Crippen molar-refractivity contribution in [3.05, 3.63) is 58.4 Å². The minimum atomic E-state index is -0.870. The van der Waals surface area contributed by atoms with Gasteiger partial charge in [0, 0.05) is 13.1 Å². The lowest BCUT2D eigenvalue weighted by Gasteiger charge is -2.18. The van der Waals surface area contributed by atoms with Crippen LogP contribution in [0, 0.1) is 25.6 Å². The quantitative estimate of drug-likeness (QED) is 0.283. The van der Waals surface area contributed by atoms with Gasteiger partial charge in [0.05, 0.1) is 20.1 Å². The number of benzene rings is 2. The number of unbranched alkanes of at least 4 members (excludes halogenated alkanes) is 1. The van der Waals surface area contributed by atoms with Crippen molar-refractivity contribution in [3.8, 4) is 11.5 Å². The molecule has 0 radical (unpaired) electrons. The molecule has 2 aromatic rings.